The van der Waals surface area contributed by atoms with E-state index >= 15 is 0 Å². The molecule has 0 atom stereocenters. The van der Waals surface area contributed by atoms with Crippen LogP contribution in [0.3, 0.4) is 0 Å². The maximum Gasteiger partial charge on any atom is 0.337 e. The van der Waals surface area contributed by atoms with E-state index in [0.29, 0.717) is 5.82 Å². The molecule has 0 aliphatic rings. The van der Waals surface area contributed by atoms with Crippen LogP contribution in [0.25, 0.3) is 0 Å². The largest absolute Gasteiger partial charge is 0.478 e. The number of aromatic carboxylic acids is 1. The van der Waals surface area contributed by atoms with Crippen molar-refractivity contribution < 1.29 is 19.2 Å². The van der Waals surface area contributed by atoms with Gasteiger partial charge in [0.05, 0.1) is 11.3 Å². The maximum atomic E-state index is 11.8. The average Bonchev–Trinajstić information content (AvgIpc) is 2.74. The highest BCUT2D eigenvalue weighted by Gasteiger charge is 2.15. The molecule has 19 heavy (non-hydrogen) atoms. The molecule has 0 bridgehead atoms. The van der Waals surface area contributed by atoms with E-state index in [4.69, 9.17) is 9.63 Å². The summed E-state index contributed by atoms with van der Waals surface area (Å²) in [6, 6.07) is 2.59. The normalized spacial score (nSPS) is 10.2. The van der Waals surface area contributed by atoms with Crippen LogP contribution in [0, 0.1) is 13.8 Å². The first kappa shape index (κ1) is 12.7. The lowest BCUT2D eigenvalue weighted by atomic mass is 10.2. The number of anilines is 1. The fourth-order valence-corrected chi connectivity index (χ4v) is 1.42. The molecule has 8 nitrogen and oxygen atoms in total. The molecule has 2 aromatic heterocycles. The molecule has 2 rings (SSSR count). The smallest absolute Gasteiger partial charge is 0.337 e. The Balaban J connectivity index is 2.20. The molecule has 0 radical (unpaired) electrons. The van der Waals surface area contributed by atoms with E-state index in [1.807, 2.05) is 0 Å². The van der Waals surface area contributed by atoms with Gasteiger partial charge in [0, 0.05) is 0 Å². The van der Waals surface area contributed by atoms with Crippen LogP contribution in [-0.2, 0) is 0 Å². The molecule has 0 saturated carbocycles. The lowest BCUT2D eigenvalue weighted by Crippen LogP contribution is -2.15. The van der Waals surface area contributed by atoms with Gasteiger partial charge in [-0.05, 0) is 26.0 Å². The number of nitrogens with zero attached hydrogens (tertiary/aromatic N) is 3. The Bertz CT molecular complexity index is 650. The number of carboxylic acids is 1. The van der Waals surface area contributed by atoms with E-state index in [1.54, 1.807) is 6.92 Å². The van der Waals surface area contributed by atoms with Crippen molar-refractivity contribution in [2.24, 2.45) is 0 Å². The maximum absolute atomic E-state index is 11.8. The number of carbonyl (C=O) groups excluding carboxylic acids is 1. The molecule has 0 aromatic carbocycles. The van der Waals surface area contributed by atoms with Gasteiger partial charge in [-0.2, -0.15) is 4.98 Å². The molecule has 98 valence electrons. The highest BCUT2D eigenvalue weighted by molar-refractivity contribution is 6.02. The average molecular weight is 262 g/mol. The Labute approximate surface area is 107 Å². The molecule has 0 aliphatic carbocycles. The minimum Gasteiger partial charge on any atom is -0.478 e. The van der Waals surface area contributed by atoms with E-state index in [2.05, 4.69) is 20.4 Å². The topological polar surface area (TPSA) is 118 Å². The third kappa shape index (κ3) is 2.73. The molecule has 0 fully saturated rings. The fourth-order valence-electron chi connectivity index (χ4n) is 1.42. The summed E-state index contributed by atoms with van der Waals surface area (Å²) in [4.78, 5) is 30.4. The molecule has 2 aromatic rings. The molecule has 0 unspecified atom stereocenters. The number of nitrogens with one attached hydrogen (secondary N) is 1. The zero-order chi connectivity index (χ0) is 14.0. The molecule has 1 amide bonds. The summed E-state index contributed by atoms with van der Waals surface area (Å²) >= 11 is 0. The Morgan fingerprint density at radius 1 is 1.26 bits per heavy atom. The van der Waals surface area contributed by atoms with Gasteiger partial charge in [0.25, 0.3) is 5.91 Å². The summed E-state index contributed by atoms with van der Waals surface area (Å²) in [5, 5.41) is 14.7. The van der Waals surface area contributed by atoms with Gasteiger partial charge in [0.15, 0.2) is 5.82 Å². The molecular formula is C11H10N4O4. The van der Waals surface area contributed by atoms with Crippen molar-refractivity contribution in [2.75, 3.05) is 5.32 Å². The number of rotatable bonds is 3. The third-order valence-corrected chi connectivity index (χ3v) is 2.30. The number of aromatic nitrogens is 3. The van der Waals surface area contributed by atoms with Crippen LogP contribution >= 0.6 is 0 Å². The fraction of sp³-hybridized carbons (Fsp3) is 0.182. The minimum atomic E-state index is -1.09. The van der Waals surface area contributed by atoms with Crippen molar-refractivity contribution in [3.63, 3.8) is 0 Å². The number of hydrogen-bond acceptors (Lipinski definition) is 6. The van der Waals surface area contributed by atoms with Crippen LogP contribution in [0.1, 0.15) is 32.4 Å². The minimum absolute atomic E-state index is 0.0377. The van der Waals surface area contributed by atoms with Crippen LogP contribution in [-0.4, -0.2) is 32.1 Å². The summed E-state index contributed by atoms with van der Waals surface area (Å²) in [5.41, 5.74) is 0.366. The number of pyridine rings is 1. The van der Waals surface area contributed by atoms with E-state index < -0.39 is 11.9 Å². The monoisotopic (exact) mass is 262 g/mol. The molecular weight excluding hydrogens is 252 g/mol. The molecule has 2 N–H and O–H groups in total. The van der Waals surface area contributed by atoms with Crippen LogP contribution in [0.5, 0.6) is 0 Å². The Hall–Kier alpha value is -2.77. The SMILES string of the molecule is Cc1noc(NC(=O)c2ccc(C(=O)O)c(C)n2)n1. The lowest BCUT2D eigenvalue weighted by molar-refractivity contribution is 0.0695. The first-order valence-corrected chi connectivity index (χ1v) is 5.30. The highest BCUT2D eigenvalue weighted by atomic mass is 16.5. The van der Waals surface area contributed by atoms with Crippen molar-refractivity contribution in [1.29, 1.82) is 0 Å². The van der Waals surface area contributed by atoms with Gasteiger partial charge in [-0.15, -0.1) is 0 Å². The highest BCUT2D eigenvalue weighted by Crippen LogP contribution is 2.09. The zero-order valence-electron chi connectivity index (χ0n) is 10.2. The second-order valence-corrected chi connectivity index (χ2v) is 3.74. The zero-order valence-corrected chi connectivity index (χ0v) is 10.2. The molecule has 0 saturated heterocycles. The quantitative estimate of drug-likeness (QED) is 0.847. The van der Waals surface area contributed by atoms with Crippen molar-refractivity contribution in [3.05, 3.63) is 34.9 Å². The van der Waals surface area contributed by atoms with E-state index in [9.17, 15) is 9.59 Å². The van der Waals surface area contributed by atoms with Gasteiger partial charge in [-0.3, -0.25) is 10.1 Å². The summed E-state index contributed by atoms with van der Waals surface area (Å²) in [5.74, 6) is -1.26. The second-order valence-electron chi connectivity index (χ2n) is 3.74. The Morgan fingerprint density at radius 3 is 2.53 bits per heavy atom. The molecule has 0 aliphatic heterocycles. The van der Waals surface area contributed by atoms with Crippen molar-refractivity contribution in [1.82, 2.24) is 15.1 Å². The van der Waals surface area contributed by atoms with Crippen LogP contribution < -0.4 is 5.32 Å². The van der Waals surface area contributed by atoms with E-state index in [-0.39, 0.29) is 23.0 Å². The molecule has 8 heteroatoms. The van der Waals surface area contributed by atoms with Crippen molar-refractivity contribution >= 4 is 17.9 Å². The number of carboxylic acid groups (broad SMARTS) is 1. The van der Waals surface area contributed by atoms with Gasteiger partial charge >= 0.3 is 12.0 Å². The van der Waals surface area contributed by atoms with Gasteiger partial charge in [-0.1, -0.05) is 5.16 Å². The number of carbonyl (C=O) groups is 2. The van der Waals surface area contributed by atoms with E-state index in [0.717, 1.165) is 0 Å². The molecule has 2 heterocycles. The van der Waals surface area contributed by atoms with Crippen LogP contribution in [0.15, 0.2) is 16.7 Å². The first-order chi connectivity index (χ1) is 8.97. The summed E-state index contributed by atoms with van der Waals surface area (Å²) < 4.78 is 4.73. The third-order valence-electron chi connectivity index (χ3n) is 2.30. The number of hydrogen-bond donors (Lipinski definition) is 2. The molecule has 0 spiro atoms. The summed E-state index contributed by atoms with van der Waals surface area (Å²) in [6.45, 7) is 3.13. The van der Waals surface area contributed by atoms with Crippen molar-refractivity contribution in [3.8, 4) is 0 Å². The standard InChI is InChI=1S/C11H10N4O4/c1-5-7(10(17)18)3-4-8(12-5)9(16)14-11-13-6(2)15-19-11/h3-4H,1-2H3,(H,17,18)(H,13,14,15,16). The first-order valence-electron chi connectivity index (χ1n) is 5.30. The van der Waals surface area contributed by atoms with Gasteiger partial charge in [-0.25, -0.2) is 9.78 Å². The summed E-state index contributed by atoms with van der Waals surface area (Å²) in [6.07, 6.45) is 0. The summed E-state index contributed by atoms with van der Waals surface area (Å²) in [7, 11) is 0. The number of aryl methyl sites for hydroxylation is 2. The van der Waals surface area contributed by atoms with Gasteiger partial charge in [0.1, 0.15) is 5.69 Å². The Morgan fingerprint density at radius 2 is 2.00 bits per heavy atom. The lowest BCUT2D eigenvalue weighted by Gasteiger charge is -2.03. The van der Waals surface area contributed by atoms with Gasteiger partial charge in [0.2, 0.25) is 0 Å². The van der Waals surface area contributed by atoms with E-state index in [1.165, 1.54) is 19.1 Å². The van der Waals surface area contributed by atoms with Crippen LogP contribution in [0.2, 0.25) is 0 Å². The Kier molecular flexibility index (Phi) is 3.23. The predicted molar refractivity (Wildman–Crippen MR) is 62.9 cm³/mol. The second kappa shape index (κ2) is 4.84. The predicted octanol–water partition coefficient (Wildman–Crippen LogP) is 1.03. The van der Waals surface area contributed by atoms with Crippen molar-refractivity contribution in [2.45, 2.75) is 13.8 Å². The van der Waals surface area contributed by atoms with Crippen LogP contribution in [0.4, 0.5) is 6.01 Å². The number of amides is 1. The van der Waals surface area contributed by atoms with Gasteiger partial charge < -0.3 is 9.63 Å².